The number of pyridine rings is 1. The van der Waals surface area contributed by atoms with E-state index in [2.05, 4.69) is 10.1 Å². The third-order valence-corrected chi connectivity index (χ3v) is 6.55. The van der Waals surface area contributed by atoms with Crippen LogP contribution in [0.3, 0.4) is 0 Å². The molecule has 0 saturated heterocycles. The standard InChI is InChI=1S/C30H33F3N6O/c1-30(2,3)26(38(16-13-23(34)18-31)29(40)21-11-14-35-15-12-21)28-36-27(24-17-22(32)9-10-25(24)33)37-39(28)19-20-7-5-4-6-8-20/h4-12,14-15,17,23,26H,13,16,18-19,34H2,1-3H3/t23-,26?/m0/s1. The van der Waals surface area contributed by atoms with Gasteiger partial charge in [0.15, 0.2) is 11.6 Å². The minimum Gasteiger partial charge on any atom is -0.328 e. The maximum atomic E-state index is 14.8. The van der Waals surface area contributed by atoms with Crippen molar-refractivity contribution in [2.75, 3.05) is 13.2 Å². The summed E-state index contributed by atoms with van der Waals surface area (Å²) >= 11 is 0. The van der Waals surface area contributed by atoms with E-state index in [0.29, 0.717) is 11.4 Å². The summed E-state index contributed by atoms with van der Waals surface area (Å²) in [7, 11) is 0. The topological polar surface area (TPSA) is 89.9 Å². The van der Waals surface area contributed by atoms with Crippen molar-refractivity contribution < 1.29 is 18.0 Å². The van der Waals surface area contributed by atoms with Crippen molar-refractivity contribution in [2.45, 2.75) is 45.8 Å². The molecule has 1 amide bonds. The van der Waals surface area contributed by atoms with Gasteiger partial charge < -0.3 is 10.6 Å². The van der Waals surface area contributed by atoms with E-state index in [0.717, 1.165) is 23.8 Å². The number of hydrogen-bond acceptors (Lipinski definition) is 5. The van der Waals surface area contributed by atoms with Crippen LogP contribution in [0.5, 0.6) is 0 Å². The molecular weight excluding hydrogens is 517 g/mol. The lowest BCUT2D eigenvalue weighted by Crippen LogP contribution is -2.44. The molecule has 40 heavy (non-hydrogen) atoms. The number of benzene rings is 2. The van der Waals surface area contributed by atoms with Crippen LogP contribution < -0.4 is 5.73 Å². The number of halogens is 3. The molecule has 2 aromatic heterocycles. The van der Waals surface area contributed by atoms with Crippen LogP contribution in [0.1, 0.15) is 55.0 Å². The van der Waals surface area contributed by atoms with E-state index in [1.165, 1.54) is 12.4 Å². The first-order valence-electron chi connectivity index (χ1n) is 13.0. The Hall–Kier alpha value is -4.05. The van der Waals surface area contributed by atoms with Crippen LogP contribution >= 0.6 is 0 Å². The lowest BCUT2D eigenvalue weighted by molar-refractivity contribution is 0.0469. The zero-order chi connectivity index (χ0) is 28.9. The number of rotatable bonds is 10. The average molecular weight is 551 g/mol. The maximum Gasteiger partial charge on any atom is 0.254 e. The van der Waals surface area contributed by atoms with E-state index >= 15 is 0 Å². The van der Waals surface area contributed by atoms with Crippen LogP contribution in [-0.2, 0) is 6.54 Å². The quantitative estimate of drug-likeness (QED) is 0.278. The van der Waals surface area contributed by atoms with Gasteiger partial charge in [-0.25, -0.2) is 22.8 Å². The van der Waals surface area contributed by atoms with Crippen LogP contribution in [0, 0.1) is 17.0 Å². The highest BCUT2D eigenvalue weighted by atomic mass is 19.1. The Balaban J connectivity index is 1.90. The molecule has 2 heterocycles. The first kappa shape index (κ1) is 28.9. The Morgan fingerprint density at radius 2 is 1.75 bits per heavy atom. The Morgan fingerprint density at radius 3 is 2.40 bits per heavy atom. The van der Waals surface area contributed by atoms with E-state index in [4.69, 9.17) is 10.7 Å². The van der Waals surface area contributed by atoms with E-state index in [-0.39, 0.29) is 36.8 Å². The predicted octanol–water partition coefficient (Wildman–Crippen LogP) is 5.58. The van der Waals surface area contributed by atoms with Crippen LogP contribution in [0.15, 0.2) is 73.1 Å². The molecule has 10 heteroatoms. The first-order chi connectivity index (χ1) is 19.1. The number of aromatic nitrogens is 4. The molecule has 0 radical (unpaired) electrons. The van der Waals surface area contributed by atoms with Crippen LogP contribution in [-0.4, -0.2) is 49.8 Å². The molecule has 0 saturated carbocycles. The molecule has 1 unspecified atom stereocenters. The van der Waals surface area contributed by atoms with Gasteiger partial charge >= 0.3 is 0 Å². The van der Waals surface area contributed by atoms with Gasteiger partial charge in [-0.15, -0.1) is 0 Å². The molecule has 0 aliphatic rings. The summed E-state index contributed by atoms with van der Waals surface area (Å²) in [6, 6.07) is 14.4. The lowest BCUT2D eigenvalue weighted by atomic mass is 9.84. The maximum absolute atomic E-state index is 14.8. The average Bonchev–Trinajstić information content (AvgIpc) is 3.34. The number of nitrogens with two attached hydrogens (primary N) is 1. The SMILES string of the molecule is CC(C)(C)C(c1nc(-c2cc(F)ccc2F)nn1Cc1ccccc1)N(CC[C@H](N)CF)C(=O)c1ccncc1. The van der Waals surface area contributed by atoms with Crippen molar-refractivity contribution in [3.8, 4) is 11.4 Å². The fourth-order valence-corrected chi connectivity index (χ4v) is 4.60. The number of carbonyl (C=O) groups excluding carboxylic acids is 1. The Bertz CT molecular complexity index is 1420. The van der Waals surface area contributed by atoms with Gasteiger partial charge in [-0.05, 0) is 47.7 Å². The second kappa shape index (κ2) is 12.4. The van der Waals surface area contributed by atoms with Gasteiger partial charge in [0.2, 0.25) is 0 Å². The van der Waals surface area contributed by atoms with Crippen molar-refractivity contribution >= 4 is 5.91 Å². The van der Waals surface area contributed by atoms with Gasteiger partial charge in [-0.1, -0.05) is 51.1 Å². The molecule has 210 valence electrons. The number of carbonyl (C=O) groups is 1. The zero-order valence-corrected chi connectivity index (χ0v) is 22.8. The minimum absolute atomic E-state index is 0.00560. The van der Waals surface area contributed by atoms with Crippen molar-refractivity contribution in [2.24, 2.45) is 11.1 Å². The first-order valence-corrected chi connectivity index (χ1v) is 13.0. The summed E-state index contributed by atoms with van der Waals surface area (Å²) in [6.45, 7) is 5.52. The third-order valence-electron chi connectivity index (χ3n) is 6.55. The van der Waals surface area contributed by atoms with E-state index < -0.39 is 35.8 Å². The monoisotopic (exact) mass is 550 g/mol. The third kappa shape index (κ3) is 6.74. The Labute approximate surface area is 231 Å². The van der Waals surface area contributed by atoms with Crippen LogP contribution in [0.25, 0.3) is 11.4 Å². The lowest BCUT2D eigenvalue weighted by Gasteiger charge is -2.40. The van der Waals surface area contributed by atoms with Crippen LogP contribution in [0.2, 0.25) is 0 Å². The highest BCUT2D eigenvalue weighted by Gasteiger charge is 2.39. The molecular formula is C30H33F3N6O. The number of hydrogen-bond donors (Lipinski definition) is 1. The fraction of sp³-hybridized carbons (Fsp3) is 0.333. The molecule has 7 nitrogen and oxygen atoms in total. The van der Waals surface area contributed by atoms with E-state index in [1.54, 1.807) is 21.7 Å². The largest absolute Gasteiger partial charge is 0.328 e. The zero-order valence-electron chi connectivity index (χ0n) is 22.8. The number of alkyl halides is 1. The summed E-state index contributed by atoms with van der Waals surface area (Å²) < 4.78 is 44.0. The van der Waals surface area contributed by atoms with Gasteiger partial charge in [0, 0.05) is 30.5 Å². The Morgan fingerprint density at radius 1 is 1.05 bits per heavy atom. The fourth-order valence-electron chi connectivity index (χ4n) is 4.60. The summed E-state index contributed by atoms with van der Waals surface area (Å²) in [4.78, 5) is 24.3. The molecule has 0 aliphatic carbocycles. The molecule has 0 spiro atoms. The number of nitrogens with zero attached hydrogens (tertiary/aromatic N) is 5. The molecule has 2 atom stereocenters. The van der Waals surface area contributed by atoms with Crippen LogP contribution in [0.4, 0.5) is 13.2 Å². The molecule has 4 aromatic rings. The second-order valence-electron chi connectivity index (χ2n) is 10.8. The highest BCUT2D eigenvalue weighted by molar-refractivity contribution is 5.94. The molecule has 4 rings (SSSR count). The highest BCUT2D eigenvalue weighted by Crippen LogP contribution is 2.39. The van der Waals surface area contributed by atoms with Crippen molar-refractivity contribution in [1.82, 2.24) is 24.6 Å². The van der Waals surface area contributed by atoms with Gasteiger partial charge in [0.1, 0.15) is 18.3 Å². The second-order valence-corrected chi connectivity index (χ2v) is 10.8. The van der Waals surface area contributed by atoms with Gasteiger partial charge in [0.05, 0.1) is 18.2 Å². The minimum atomic E-state index is -0.757. The van der Waals surface area contributed by atoms with Crippen molar-refractivity contribution in [3.63, 3.8) is 0 Å². The van der Waals surface area contributed by atoms with Gasteiger partial charge in [0.25, 0.3) is 5.91 Å². The van der Waals surface area contributed by atoms with Crippen molar-refractivity contribution in [1.29, 1.82) is 0 Å². The number of amides is 1. The molecule has 2 N–H and O–H groups in total. The summed E-state index contributed by atoms with van der Waals surface area (Å²) in [5.41, 5.74) is 6.51. The van der Waals surface area contributed by atoms with Gasteiger partial charge in [-0.2, -0.15) is 5.10 Å². The molecule has 0 fully saturated rings. The van der Waals surface area contributed by atoms with E-state index in [1.807, 2.05) is 51.1 Å². The normalized spacial score (nSPS) is 13.2. The smallest absolute Gasteiger partial charge is 0.254 e. The predicted molar refractivity (Wildman–Crippen MR) is 147 cm³/mol. The summed E-state index contributed by atoms with van der Waals surface area (Å²) in [5, 5.41) is 4.60. The Kier molecular flexibility index (Phi) is 8.99. The molecule has 0 aliphatic heterocycles. The van der Waals surface area contributed by atoms with E-state index in [9.17, 15) is 18.0 Å². The van der Waals surface area contributed by atoms with Gasteiger partial charge in [-0.3, -0.25) is 9.78 Å². The molecule has 0 bridgehead atoms. The summed E-state index contributed by atoms with van der Waals surface area (Å²) in [5.74, 6) is -1.24. The summed E-state index contributed by atoms with van der Waals surface area (Å²) in [6.07, 6.45) is 3.25. The molecule has 2 aromatic carbocycles. The van der Waals surface area contributed by atoms with Crippen molar-refractivity contribution in [3.05, 3.63) is 102 Å².